The predicted octanol–water partition coefficient (Wildman–Crippen LogP) is 3.57. The molecule has 4 aromatic rings. The lowest BCUT2D eigenvalue weighted by Gasteiger charge is -2.11. The fourth-order valence-corrected chi connectivity index (χ4v) is 4.00. The van der Waals surface area contributed by atoms with Crippen molar-refractivity contribution >= 4 is 11.8 Å². The van der Waals surface area contributed by atoms with Crippen molar-refractivity contribution in [2.75, 3.05) is 0 Å². The molecule has 0 unspecified atom stereocenters. The summed E-state index contributed by atoms with van der Waals surface area (Å²) in [5.74, 6) is 0.738. The number of thioether (sulfide) groups is 1. The van der Waals surface area contributed by atoms with Crippen LogP contribution >= 0.6 is 11.8 Å². The molecule has 0 fully saturated rings. The first-order valence-corrected chi connectivity index (χ1v) is 10.2. The van der Waals surface area contributed by atoms with Crippen LogP contribution in [-0.4, -0.2) is 25.6 Å². The quantitative estimate of drug-likeness (QED) is 0.467. The summed E-state index contributed by atoms with van der Waals surface area (Å²) in [6.45, 7) is 2.03. The molecular weight excluding hydrogens is 410 g/mol. The van der Waals surface area contributed by atoms with E-state index in [4.69, 9.17) is 0 Å². The van der Waals surface area contributed by atoms with Gasteiger partial charge in [0.25, 0.3) is 5.56 Å². The number of nitrogens with zero attached hydrogens (tertiary/aromatic N) is 5. The van der Waals surface area contributed by atoms with Gasteiger partial charge in [0, 0.05) is 5.56 Å². The highest BCUT2D eigenvalue weighted by molar-refractivity contribution is 7.98. The van der Waals surface area contributed by atoms with Crippen molar-refractivity contribution in [3.05, 3.63) is 81.4 Å². The number of pyridine rings is 1. The van der Waals surface area contributed by atoms with Crippen molar-refractivity contribution in [2.45, 2.75) is 17.7 Å². The van der Waals surface area contributed by atoms with E-state index in [-0.39, 0.29) is 11.1 Å². The Morgan fingerprint density at radius 2 is 1.55 bits per heavy atom. The van der Waals surface area contributed by atoms with Crippen molar-refractivity contribution in [2.24, 2.45) is 0 Å². The Bertz CT molecular complexity index is 1360. The Morgan fingerprint density at radius 1 is 0.935 bits per heavy atom. The summed E-state index contributed by atoms with van der Waals surface area (Å²) in [4.78, 5) is 15.2. The largest absolute Gasteiger partial charge is 0.315 e. The first-order valence-electron chi connectivity index (χ1n) is 9.23. The number of aromatic amines is 2. The molecule has 0 atom stereocenters. The van der Waals surface area contributed by atoms with Crippen LogP contribution in [0.1, 0.15) is 22.5 Å². The van der Waals surface area contributed by atoms with Gasteiger partial charge in [-0.1, -0.05) is 71.1 Å². The fourth-order valence-electron chi connectivity index (χ4n) is 3.15. The zero-order valence-corrected chi connectivity index (χ0v) is 17.2. The molecule has 2 heterocycles. The van der Waals surface area contributed by atoms with Gasteiger partial charge < -0.3 is 4.98 Å². The van der Waals surface area contributed by atoms with Crippen LogP contribution in [-0.2, 0) is 5.75 Å². The maximum absolute atomic E-state index is 12.6. The summed E-state index contributed by atoms with van der Waals surface area (Å²) in [6.07, 6.45) is 0. The van der Waals surface area contributed by atoms with Crippen molar-refractivity contribution in [3.63, 3.8) is 0 Å². The van der Waals surface area contributed by atoms with Gasteiger partial charge in [-0.15, -0.1) is 10.2 Å². The van der Waals surface area contributed by atoms with E-state index in [0.717, 1.165) is 11.1 Å². The molecule has 0 aliphatic rings. The number of nitriles is 2. The maximum Gasteiger partial charge on any atom is 0.267 e. The highest BCUT2D eigenvalue weighted by Crippen LogP contribution is 2.33. The van der Waals surface area contributed by atoms with Crippen molar-refractivity contribution in [1.82, 2.24) is 25.6 Å². The number of rotatable bonds is 5. The van der Waals surface area contributed by atoms with Gasteiger partial charge in [-0.3, -0.25) is 4.79 Å². The van der Waals surface area contributed by atoms with E-state index >= 15 is 0 Å². The molecule has 150 valence electrons. The Kier molecular flexibility index (Phi) is 5.61. The third kappa shape index (κ3) is 4.08. The number of benzene rings is 2. The van der Waals surface area contributed by atoms with Crippen molar-refractivity contribution in [1.29, 1.82) is 10.5 Å². The molecule has 0 aliphatic heterocycles. The third-order valence-corrected chi connectivity index (χ3v) is 5.70. The average molecular weight is 425 g/mol. The van der Waals surface area contributed by atoms with E-state index in [2.05, 4.69) is 31.7 Å². The van der Waals surface area contributed by atoms with Crippen LogP contribution in [0, 0.1) is 29.6 Å². The zero-order valence-electron chi connectivity index (χ0n) is 16.4. The summed E-state index contributed by atoms with van der Waals surface area (Å²) in [5, 5.41) is 33.4. The molecule has 0 spiro atoms. The average Bonchev–Trinajstić information content (AvgIpc) is 3.31. The molecular formula is C22H15N7OS. The molecule has 0 saturated carbocycles. The molecule has 0 aliphatic carbocycles. The normalized spacial score (nSPS) is 10.4. The van der Waals surface area contributed by atoms with E-state index in [0.29, 0.717) is 27.7 Å². The van der Waals surface area contributed by atoms with Crippen LogP contribution in [0.2, 0.25) is 0 Å². The van der Waals surface area contributed by atoms with E-state index in [9.17, 15) is 15.3 Å². The van der Waals surface area contributed by atoms with Crippen LogP contribution in [0.15, 0.2) is 58.4 Å². The summed E-state index contributed by atoms with van der Waals surface area (Å²) < 4.78 is 0. The molecule has 31 heavy (non-hydrogen) atoms. The second-order valence-electron chi connectivity index (χ2n) is 6.69. The Hall–Kier alpha value is -4.21. The van der Waals surface area contributed by atoms with Gasteiger partial charge >= 0.3 is 0 Å². The van der Waals surface area contributed by atoms with Gasteiger partial charge in [-0.2, -0.15) is 15.7 Å². The molecule has 2 aromatic heterocycles. The number of nitrogens with one attached hydrogen (secondary N) is 2. The maximum atomic E-state index is 12.6. The second kappa shape index (κ2) is 8.66. The highest BCUT2D eigenvalue weighted by atomic mass is 32.2. The minimum absolute atomic E-state index is 0.0939. The lowest BCUT2D eigenvalue weighted by atomic mass is 9.95. The number of aryl methyl sites for hydroxylation is 1. The standard InChI is InChI=1S/C22H15N7OS/c1-13-2-4-14(5-3-13)15-6-8-16(9-7-15)20-17(10-23)21(30)25-22(18(20)11-24)31-12-19-26-28-29-27-19/h2-9H,12H2,1H3,(H,25,30)(H,26,27,28,29). The van der Waals surface area contributed by atoms with E-state index < -0.39 is 5.56 Å². The summed E-state index contributed by atoms with van der Waals surface area (Å²) in [6, 6.07) is 19.7. The van der Waals surface area contributed by atoms with Crippen molar-refractivity contribution < 1.29 is 0 Å². The monoisotopic (exact) mass is 425 g/mol. The second-order valence-corrected chi connectivity index (χ2v) is 7.68. The minimum Gasteiger partial charge on any atom is -0.315 e. The first kappa shape index (κ1) is 20.1. The molecule has 4 rings (SSSR count). The van der Waals surface area contributed by atoms with Crippen LogP contribution in [0.5, 0.6) is 0 Å². The minimum atomic E-state index is -0.547. The lowest BCUT2D eigenvalue weighted by molar-refractivity contribution is 0.881. The molecule has 0 saturated heterocycles. The molecule has 2 aromatic carbocycles. The number of hydrogen-bond donors (Lipinski definition) is 2. The van der Waals surface area contributed by atoms with Gasteiger partial charge in [-0.05, 0) is 23.6 Å². The summed E-state index contributed by atoms with van der Waals surface area (Å²) in [7, 11) is 0. The fraction of sp³-hybridized carbons (Fsp3) is 0.0909. The van der Waals surface area contributed by atoms with Gasteiger partial charge in [0.1, 0.15) is 17.7 Å². The van der Waals surface area contributed by atoms with Crippen LogP contribution in [0.4, 0.5) is 0 Å². The predicted molar refractivity (Wildman–Crippen MR) is 116 cm³/mol. The molecule has 8 nitrogen and oxygen atoms in total. The van der Waals surface area contributed by atoms with Gasteiger partial charge in [-0.25, -0.2) is 0 Å². The molecule has 0 radical (unpaired) electrons. The lowest BCUT2D eigenvalue weighted by Crippen LogP contribution is -2.15. The SMILES string of the molecule is Cc1ccc(-c2ccc(-c3c(C#N)c(SCc4nn[nH]n4)[nH]c(=O)c3C#N)cc2)cc1. The van der Waals surface area contributed by atoms with Gasteiger partial charge in [0.2, 0.25) is 0 Å². The third-order valence-electron chi connectivity index (χ3n) is 4.70. The Balaban J connectivity index is 1.77. The zero-order chi connectivity index (χ0) is 21.8. The molecule has 2 N–H and O–H groups in total. The number of aromatic nitrogens is 5. The van der Waals surface area contributed by atoms with Crippen LogP contribution in [0.3, 0.4) is 0 Å². The van der Waals surface area contributed by atoms with Crippen LogP contribution < -0.4 is 5.56 Å². The van der Waals surface area contributed by atoms with E-state index in [1.165, 1.54) is 17.3 Å². The Morgan fingerprint density at radius 3 is 2.13 bits per heavy atom. The number of H-pyrrole nitrogens is 2. The summed E-state index contributed by atoms with van der Waals surface area (Å²) in [5.41, 5.74) is 3.76. The Labute approximate surface area is 181 Å². The summed E-state index contributed by atoms with van der Waals surface area (Å²) >= 11 is 1.20. The van der Waals surface area contributed by atoms with Crippen molar-refractivity contribution in [3.8, 4) is 34.4 Å². The number of tetrazole rings is 1. The topological polar surface area (TPSA) is 135 Å². The van der Waals surface area contributed by atoms with Gasteiger partial charge in [0.05, 0.1) is 16.3 Å². The molecule has 0 amide bonds. The first-order chi connectivity index (χ1) is 15.1. The number of hydrogen-bond acceptors (Lipinski definition) is 7. The van der Waals surface area contributed by atoms with Gasteiger partial charge in [0.15, 0.2) is 5.82 Å². The van der Waals surface area contributed by atoms with E-state index in [1.54, 1.807) is 0 Å². The van der Waals surface area contributed by atoms with Crippen LogP contribution in [0.25, 0.3) is 22.3 Å². The highest BCUT2D eigenvalue weighted by Gasteiger charge is 2.20. The van der Waals surface area contributed by atoms with E-state index in [1.807, 2.05) is 61.5 Å². The molecule has 9 heteroatoms. The molecule has 0 bridgehead atoms. The smallest absolute Gasteiger partial charge is 0.267 e.